The maximum atomic E-state index is 14.1. The number of anilines is 2. The molecule has 2 aromatic heterocycles. The Morgan fingerprint density at radius 2 is 1.90 bits per heavy atom. The van der Waals surface area contributed by atoms with E-state index in [4.69, 9.17) is 9.72 Å². The number of aryl methyl sites for hydroxylation is 2. The maximum absolute atomic E-state index is 14.1. The van der Waals surface area contributed by atoms with Crippen molar-refractivity contribution in [3.8, 4) is 17.2 Å². The highest BCUT2D eigenvalue weighted by Gasteiger charge is 2.54. The summed E-state index contributed by atoms with van der Waals surface area (Å²) < 4.78 is 9.70. The number of nitrogens with one attached hydrogen (secondary N) is 2. The molecule has 5 unspecified atom stereocenters. The van der Waals surface area contributed by atoms with Crippen LogP contribution in [0.1, 0.15) is 69.4 Å². The standard InChI is InChI=1S/C40H47N8O2/c1-3-9-32-33(12-7-20-42-40-43-24-29(23-41)39(46-40)45-35-22-36-34(35)13-8-21-50-36)38(32)48(37(49)19-14-27-10-5-4-6-11-27)31-17-15-28(16-18-31)30-25-44-47(2)26-30/h4-6,10-11,15-18,24-26,32-36H,3,7-9,12-14,19-22H2,1-2H3,(H2,42,43,45,46)/q+1. The fourth-order valence-corrected chi connectivity index (χ4v) is 7.84. The highest BCUT2D eigenvalue weighted by Crippen LogP contribution is 2.44. The number of carbonyl (C=O) groups excluding carboxylic acids is 1. The Kier molecular flexibility index (Phi) is 10.3. The molecule has 10 nitrogen and oxygen atoms in total. The molecule has 258 valence electrons. The van der Waals surface area contributed by atoms with Crippen LogP contribution in [-0.2, 0) is 23.0 Å². The van der Waals surface area contributed by atoms with Gasteiger partial charge in [-0.2, -0.15) is 15.3 Å². The molecule has 2 saturated carbocycles. The molecule has 2 aliphatic carbocycles. The second-order valence-corrected chi connectivity index (χ2v) is 13.9. The van der Waals surface area contributed by atoms with Crippen LogP contribution in [-0.4, -0.2) is 61.2 Å². The second kappa shape index (κ2) is 15.3. The number of nitriles is 1. The van der Waals surface area contributed by atoms with Crippen molar-refractivity contribution in [3.63, 3.8) is 0 Å². The van der Waals surface area contributed by atoms with Gasteiger partial charge >= 0.3 is 5.91 Å². The van der Waals surface area contributed by atoms with Gasteiger partial charge in [0.15, 0.2) is 5.71 Å². The third-order valence-corrected chi connectivity index (χ3v) is 10.6. The molecule has 10 heteroatoms. The van der Waals surface area contributed by atoms with Crippen LogP contribution in [0.3, 0.4) is 0 Å². The number of carbonyl (C=O) groups is 1. The predicted molar refractivity (Wildman–Crippen MR) is 194 cm³/mol. The minimum absolute atomic E-state index is 0.142. The molecule has 0 radical (unpaired) electrons. The second-order valence-electron chi connectivity index (χ2n) is 13.9. The Bertz CT molecular complexity index is 1860. The quantitative estimate of drug-likeness (QED) is 0.110. The first-order valence-corrected chi connectivity index (χ1v) is 18.2. The summed E-state index contributed by atoms with van der Waals surface area (Å²) in [5.41, 5.74) is 5.93. The lowest BCUT2D eigenvalue weighted by Gasteiger charge is -2.47. The molecule has 4 aromatic rings. The maximum Gasteiger partial charge on any atom is 0.392 e. The lowest BCUT2D eigenvalue weighted by molar-refractivity contribution is -0.367. The van der Waals surface area contributed by atoms with Crippen molar-refractivity contribution in [3.05, 3.63) is 84.3 Å². The van der Waals surface area contributed by atoms with Crippen molar-refractivity contribution < 1.29 is 14.1 Å². The first-order chi connectivity index (χ1) is 24.5. The fraction of sp³-hybridized carbons (Fsp3) is 0.450. The number of ether oxygens (including phenoxy) is 1. The van der Waals surface area contributed by atoms with Crippen molar-refractivity contribution in [2.24, 2.45) is 24.8 Å². The number of hydrogen-bond donors (Lipinski definition) is 2. The summed E-state index contributed by atoms with van der Waals surface area (Å²) in [5.74, 6) is 2.47. The van der Waals surface area contributed by atoms with Gasteiger partial charge in [0.2, 0.25) is 11.6 Å². The number of fused-ring (bicyclic) bond motifs is 1. The molecule has 3 aliphatic rings. The third kappa shape index (κ3) is 7.48. The Labute approximate surface area is 294 Å². The van der Waals surface area contributed by atoms with Gasteiger partial charge in [-0.15, -0.1) is 4.58 Å². The molecule has 0 bridgehead atoms. The molecule has 1 saturated heterocycles. The van der Waals surface area contributed by atoms with Crippen LogP contribution in [0.15, 0.2) is 73.2 Å². The fourth-order valence-electron chi connectivity index (χ4n) is 7.84. The number of nitrogens with zero attached hydrogens (tertiary/aromatic N) is 6. The lowest BCUT2D eigenvalue weighted by atomic mass is 9.72. The molecule has 1 aliphatic heterocycles. The van der Waals surface area contributed by atoms with Crippen molar-refractivity contribution in [2.45, 2.75) is 76.9 Å². The van der Waals surface area contributed by atoms with Gasteiger partial charge in [0.05, 0.1) is 36.8 Å². The van der Waals surface area contributed by atoms with Crippen molar-refractivity contribution in [1.82, 2.24) is 19.7 Å². The summed E-state index contributed by atoms with van der Waals surface area (Å²) in [6, 6.07) is 21.1. The zero-order valence-electron chi connectivity index (χ0n) is 29.1. The van der Waals surface area contributed by atoms with Crippen molar-refractivity contribution >= 4 is 29.1 Å². The average molecular weight is 672 g/mol. The summed E-state index contributed by atoms with van der Waals surface area (Å²) in [6.45, 7) is 3.77. The van der Waals surface area contributed by atoms with E-state index in [9.17, 15) is 10.1 Å². The third-order valence-electron chi connectivity index (χ3n) is 10.6. The van der Waals surface area contributed by atoms with E-state index in [1.807, 2.05) is 42.2 Å². The molecule has 1 amide bonds. The van der Waals surface area contributed by atoms with Crippen LogP contribution >= 0.6 is 0 Å². The number of benzene rings is 2. The Hall–Kier alpha value is -4.88. The molecule has 2 N–H and O–H groups in total. The largest absolute Gasteiger partial charge is 0.392 e. The number of amides is 1. The van der Waals surface area contributed by atoms with Crippen molar-refractivity contribution in [1.29, 1.82) is 5.26 Å². The monoisotopic (exact) mass is 671 g/mol. The summed E-state index contributed by atoms with van der Waals surface area (Å²) in [7, 11) is 1.92. The molecule has 0 spiro atoms. The molecule has 50 heavy (non-hydrogen) atoms. The van der Waals surface area contributed by atoms with E-state index >= 15 is 0 Å². The Morgan fingerprint density at radius 3 is 2.64 bits per heavy atom. The Balaban J connectivity index is 1.04. The van der Waals surface area contributed by atoms with Gasteiger partial charge < -0.3 is 15.4 Å². The van der Waals surface area contributed by atoms with Gasteiger partial charge in [0, 0.05) is 56.1 Å². The zero-order valence-corrected chi connectivity index (χ0v) is 29.1. The Morgan fingerprint density at radius 1 is 1.08 bits per heavy atom. The van der Waals surface area contributed by atoms with Crippen LogP contribution in [0, 0.1) is 29.1 Å². The van der Waals surface area contributed by atoms with Gasteiger partial charge in [-0.25, -0.2) is 9.78 Å². The minimum Gasteiger partial charge on any atom is -0.378 e. The van der Waals surface area contributed by atoms with Crippen LogP contribution in [0.5, 0.6) is 0 Å². The SMILES string of the molecule is CCCC1C(=[N+](C(=O)CCc2ccccc2)c2ccc(-c3cnn(C)c3)cc2)C1CCCNc1ncc(C#N)c(NC2CC3OCCCC23)n1. The normalized spacial score (nSPS) is 23.3. The molecular weight excluding hydrogens is 624 g/mol. The lowest BCUT2D eigenvalue weighted by Crippen LogP contribution is -2.53. The van der Waals surface area contributed by atoms with E-state index in [0.717, 1.165) is 68.4 Å². The minimum atomic E-state index is 0.142. The first kappa shape index (κ1) is 33.6. The molecule has 5 atom stereocenters. The summed E-state index contributed by atoms with van der Waals surface area (Å²) in [4.78, 5) is 23.2. The summed E-state index contributed by atoms with van der Waals surface area (Å²) >= 11 is 0. The molecule has 2 aromatic carbocycles. The van der Waals surface area contributed by atoms with E-state index in [1.165, 1.54) is 11.3 Å². The van der Waals surface area contributed by atoms with E-state index in [2.05, 4.69) is 70.1 Å². The van der Waals surface area contributed by atoms with E-state index in [1.54, 1.807) is 10.9 Å². The summed E-state index contributed by atoms with van der Waals surface area (Å²) in [5, 5.41) is 20.9. The highest BCUT2D eigenvalue weighted by molar-refractivity contribution is 6.03. The zero-order chi connectivity index (χ0) is 34.5. The highest BCUT2D eigenvalue weighted by atomic mass is 16.5. The summed E-state index contributed by atoms with van der Waals surface area (Å²) in [6.07, 6.45) is 14.1. The van der Waals surface area contributed by atoms with Crippen LogP contribution in [0.2, 0.25) is 0 Å². The number of hydrogen-bond acceptors (Lipinski definition) is 8. The van der Waals surface area contributed by atoms with Gasteiger partial charge in [-0.1, -0.05) is 43.7 Å². The first-order valence-electron chi connectivity index (χ1n) is 18.2. The molecular formula is C40H47N8O2+. The van der Waals surface area contributed by atoms with Gasteiger partial charge in [0.25, 0.3) is 0 Å². The average Bonchev–Trinajstić information content (AvgIpc) is 3.60. The predicted octanol–water partition coefficient (Wildman–Crippen LogP) is 6.91. The topological polar surface area (TPSA) is 121 Å². The molecule has 7 rings (SSSR count). The van der Waals surface area contributed by atoms with Crippen LogP contribution in [0.25, 0.3) is 11.1 Å². The van der Waals surface area contributed by atoms with Crippen LogP contribution < -0.4 is 10.6 Å². The van der Waals surface area contributed by atoms with E-state index < -0.39 is 0 Å². The number of aromatic nitrogens is 4. The van der Waals surface area contributed by atoms with Crippen molar-refractivity contribution in [2.75, 3.05) is 23.8 Å². The number of rotatable bonds is 14. The van der Waals surface area contributed by atoms with E-state index in [-0.39, 0.29) is 11.9 Å². The smallest absolute Gasteiger partial charge is 0.378 e. The van der Waals surface area contributed by atoms with Gasteiger partial charge in [-0.05, 0) is 68.2 Å². The van der Waals surface area contributed by atoms with Gasteiger partial charge in [-0.3, -0.25) is 4.68 Å². The molecule has 3 fully saturated rings. The van der Waals surface area contributed by atoms with Crippen LogP contribution in [0.4, 0.5) is 17.5 Å². The van der Waals surface area contributed by atoms with E-state index in [0.29, 0.717) is 60.6 Å². The molecule has 3 heterocycles. The van der Waals surface area contributed by atoms with Gasteiger partial charge in [0.1, 0.15) is 17.5 Å².